The quantitative estimate of drug-likeness (QED) is 0.449. The number of unbranched alkanes of at least 4 members (excludes halogenated alkanes) is 1. The number of rotatable bonds is 8. The summed E-state index contributed by atoms with van der Waals surface area (Å²) in [4.78, 5) is 28.4. The first-order chi connectivity index (χ1) is 15.0. The molecule has 0 atom stereocenters. The topological polar surface area (TPSA) is 63.2 Å². The SMILES string of the molecule is CCCCc1ccc(-c2ccc(CCC(=O)Nc3cccc(Cl)c3)cc2)cc1.O=C=O. The van der Waals surface area contributed by atoms with E-state index in [1.165, 1.54) is 29.5 Å². The highest BCUT2D eigenvalue weighted by atomic mass is 35.5. The standard InChI is InChI=1S/C25H26ClNO.CO2/c1-2-3-5-19-8-13-21(14-9-19)22-15-10-20(11-16-22)12-17-25(28)27-24-7-4-6-23(26)18-24;2-1-3/h4,6-11,13-16,18H,2-3,5,12,17H2,1H3,(H,27,28);. The van der Waals surface area contributed by atoms with E-state index in [0.29, 0.717) is 17.9 Å². The minimum Gasteiger partial charge on any atom is -0.326 e. The Kier molecular flexibility index (Phi) is 10.2. The van der Waals surface area contributed by atoms with E-state index in [1.807, 2.05) is 12.1 Å². The second-order valence-corrected chi connectivity index (χ2v) is 7.58. The van der Waals surface area contributed by atoms with E-state index >= 15 is 0 Å². The second kappa shape index (κ2) is 13.2. The molecule has 3 aromatic rings. The van der Waals surface area contributed by atoms with Gasteiger partial charge in [0.05, 0.1) is 0 Å². The van der Waals surface area contributed by atoms with E-state index in [0.717, 1.165) is 17.7 Å². The van der Waals surface area contributed by atoms with Gasteiger partial charge >= 0.3 is 6.15 Å². The fourth-order valence-electron chi connectivity index (χ4n) is 3.16. The van der Waals surface area contributed by atoms with Gasteiger partial charge in [-0.2, -0.15) is 9.59 Å². The smallest absolute Gasteiger partial charge is 0.326 e. The van der Waals surface area contributed by atoms with Gasteiger partial charge in [-0.15, -0.1) is 0 Å². The number of benzene rings is 3. The molecule has 5 heteroatoms. The van der Waals surface area contributed by atoms with Crippen LogP contribution in [0.4, 0.5) is 5.69 Å². The van der Waals surface area contributed by atoms with Crippen molar-refractivity contribution in [2.75, 3.05) is 5.32 Å². The van der Waals surface area contributed by atoms with Gasteiger partial charge < -0.3 is 5.32 Å². The fourth-order valence-corrected chi connectivity index (χ4v) is 3.35. The molecule has 1 amide bonds. The van der Waals surface area contributed by atoms with Crippen molar-refractivity contribution in [2.24, 2.45) is 0 Å². The van der Waals surface area contributed by atoms with Crippen LogP contribution in [0.25, 0.3) is 11.1 Å². The molecular weight excluding hydrogens is 410 g/mol. The molecule has 0 aromatic heterocycles. The molecule has 0 unspecified atom stereocenters. The molecule has 0 fully saturated rings. The molecule has 31 heavy (non-hydrogen) atoms. The molecule has 0 saturated heterocycles. The summed E-state index contributed by atoms with van der Waals surface area (Å²) in [5, 5.41) is 3.50. The summed E-state index contributed by atoms with van der Waals surface area (Å²) in [7, 11) is 0. The molecule has 4 nitrogen and oxygen atoms in total. The first-order valence-electron chi connectivity index (χ1n) is 10.3. The van der Waals surface area contributed by atoms with Gasteiger partial charge in [-0.1, -0.05) is 79.5 Å². The van der Waals surface area contributed by atoms with Crippen LogP contribution >= 0.6 is 11.6 Å². The number of nitrogens with one attached hydrogen (secondary N) is 1. The van der Waals surface area contributed by atoms with Crippen LogP contribution in [0.2, 0.25) is 5.02 Å². The summed E-state index contributed by atoms with van der Waals surface area (Å²) >= 11 is 5.95. The Morgan fingerprint density at radius 2 is 1.42 bits per heavy atom. The molecule has 0 aliphatic rings. The third kappa shape index (κ3) is 8.59. The van der Waals surface area contributed by atoms with Crippen LogP contribution in [0.5, 0.6) is 0 Å². The van der Waals surface area contributed by atoms with Crippen molar-refractivity contribution >= 4 is 29.3 Å². The Balaban J connectivity index is 0.00000107. The van der Waals surface area contributed by atoms with Gasteiger partial charge in [0.15, 0.2) is 0 Å². The van der Waals surface area contributed by atoms with Gasteiger partial charge in [-0.3, -0.25) is 4.79 Å². The molecule has 0 bridgehead atoms. The summed E-state index contributed by atoms with van der Waals surface area (Å²) in [5.41, 5.74) is 5.72. The average molecular weight is 436 g/mol. The van der Waals surface area contributed by atoms with Crippen molar-refractivity contribution in [2.45, 2.75) is 39.0 Å². The largest absolute Gasteiger partial charge is 0.373 e. The molecule has 3 rings (SSSR count). The monoisotopic (exact) mass is 435 g/mol. The van der Waals surface area contributed by atoms with E-state index in [4.69, 9.17) is 21.2 Å². The Morgan fingerprint density at radius 1 is 0.871 bits per heavy atom. The lowest BCUT2D eigenvalue weighted by Crippen LogP contribution is -2.12. The van der Waals surface area contributed by atoms with Crippen LogP contribution in [0.1, 0.15) is 37.3 Å². The Bertz CT molecular complexity index is 992. The average Bonchev–Trinajstić information content (AvgIpc) is 2.78. The summed E-state index contributed by atoms with van der Waals surface area (Å²) in [6.07, 6.45) is 5.01. The zero-order chi connectivity index (χ0) is 22.5. The molecule has 3 aromatic carbocycles. The van der Waals surface area contributed by atoms with E-state index in [1.54, 1.807) is 12.1 Å². The number of halogens is 1. The zero-order valence-corrected chi connectivity index (χ0v) is 18.3. The normalized spacial score (nSPS) is 9.87. The minimum atomic E-state index is -0.00555. The first-order valence-corrected chi connectivity index (χ1v) is 10.7. The summed E-state index contributed by atoms with van der Waals surface area (Å²) in [6.45, 7) is 2.22. The predicted molar refractivity (Wildman–Crippen MR) is 124 cm³/mol. The minimum absolute atomic E-state index is 0.00555. The van der Waals surface area contributed by atoms with Gasteiger partial charge in [0, 0.05) is 17.1 Å². The highest BCUT2D eigenvalue weighted by Crippen LogP contribution is 2.22. The maximum Gasteiger partial charge on any atom is 0.373 e. The summed E-state index contributed by atoms with van der Waals surface area (Å²) in [6, 6.07) is 24.5. The number of anilines is 1. The van der Waals surface area contributed by atoms with Crippen LogP contribution < -0.4 is 5.32 Å². The zero-order valence-electron chi connectivity index (χ0n) is 17.6. The Morgan fingerprint density at radius 3 is 1.94 bits per heavy atom. The maximum atomic E-state index is 12.1. The number of hydrogen-bond acceptors (Lipinski definition) is 3. The van der Waals surface area contributed by atoms with Crippen molar-refractivity contribution < 1.29 is 14.4 Å². The number of hydrogen-bond donors (Lipinski definition) is 1. The van der Waals surface area contributed by atoms with Crippen molar-refractivity contribution in [1.29, 1.82) is 0 Å². The number of carbonyl (C=O) groups excluding carboxylic acids is 3. The van der Waals surface area contributed by atoms with Crippen molar-refractivity contribution in [1.82, 2.24) is 0 Å². The Hall–Kier alpha value is -3.20. The summed E-state index contributed by atoms with van der Waals surface area (Å²) < 4.78 is 0. The molecule has 1 N–H and O–H groups in total. The lowest BCUT2D eigenvalue weighted by Gasteiger charge is -2.07. The van der Waals surface area contributed by atoms with Crippen LogP contribution in [0.15, 0.2) is 72.8 Å². The van der Waals surface area contributed by atoms with Crippen LogP contribution in [0.3, 0.4) is 0 Å². The molecule has 0 heterocycles. The van der Waals surface area contributed by atoms with E-state index in [2.05, 4.69) is 60.8 Å². The lowest BCUT2D eigenvalue weighted by molar-refractivity contribution is -0.191. The first kappa shape index (κ1) is 24.1. The van der Waals surface area contributed by atoms with Gasteiger partial charge in [-0.05, 0) is 59.7 Å². The van der Waals surface area contributed by atoms with Crippen LogP contribution in [0, 0.1) is 0 Å². The molecule has 0 aliphatic carbocycles. The number of amides is 1. The van der Waals surface area contributed by atoms with E-state index in [-0.39, 0.29) is 12.1 Å². The van der Waals surface area contributed by atoms with Gasteiger partial charge in [0.1, 0.15) is 0 Å². The molecule has 0 radical (unpaired) electrons. The molecular formula is C26H26ClNO3. The van der Waals surface area contributed by atoms with Gasteiger partial charge in [-0.25, -0.2) is 0 Å². The fraction of sp³-hybridized carbons (Fsp3) is 0.231. The van der Waals surface area contributed by atoms with Crippen LogP contribution in [-0.4, -0.2) is 12.1 Å². The maximum absolute atomic E-state index is 12.1. The third-order valence-corrected chi connectivity index (χ3v) is 5.04. The van der Waals surface area contributed by atoms with Crippen molar-refractivity contribution in [3.05, 3.63) is 88.9 Å². The molecule has 0 spiro atoms. The second-order valence-electron chi connectivity index (χ2n) is 7.14. The number of carbonyl (C=O) groups is 1. The number of aryl methyl sites for hydroxylation is 2. The summed E-state index contributed by atoms with van der Waals surface area (Å²) in [5.74, 6) is -0.00555. The highest BCUT2D eigenvalue weighted by molar-refractivity contribution is 6.30. The van der Waals surface area contributed by atoms with Gasteiger partial charge in [0.2, 0.25) is 5.91 Å². The van der Waals surface area contributed by atoms with E-state index in [9.17, 15) is 4.79 Å². The molecule has 0 saturated carbocycles. The van der Waals surface area contributed by atoms with E-state index < -0.39 is 0 Å². The molecule has 160 valence electrons. The Labute approximate surface area is 188 Å². The molecule has 0 aliphatic heterocycles. The predicted octanol–water partition coefficient (Wildman–Crippen LogP) is 6.34. The lowest BCUT2D eigenvalue weighted by atomic mass is 10.00. The van der Waals surface area contributed by atoms with Gasteiger partial charge in [0.25, 0.3) is 0 Å². The van der Waals surface area contributed by atoms with Crippen molar-refractivity contribution in [3.63, 3.8) is 0 Å². The highest BCUT2D eigenvalue weighted by Gasteiger charge is 2.05. The van der Waals surface area contributed by atoms with Crippen molar-refractivity contribution in [3.8, 4) is 11.1 Å². The van der Waals surface area contributed by atoms with Crippen LogP contribution in [-0.2, 0) is 27.2 Å². The third-order valence-electron chi connectivity index (χ3n) is 4.81.